The van der Waals surface area contributed by atoms with Crippen LogP contribution in [0.3, 0.4) is 0 Å². The summed E-state index contributed by atoms with van der Waals surface area (Å²) in [6, 6.07) is 11.1. The predicted molar refractivity (Wildman–Crippen MR) is 116 cm³/mol. The molecule has 0 bridgehead atoms. The zero-order valence-corrected chi connectivity index (χ0v) is 17.7. The van der Waals surface area contributed by atoms with Crippen LogP contribution in [0.4, 0.5) is 11.6 Å². The van der Waals surface area contributed by atoms with Gasteiger partial charge in [-0.2, -0.15) is 0 Å². The van der Waals surface area contributed by atoms with Crippen LogP contribution in [0.1, 0.15) is 27.0 Å². The Kier molecular flexibility index (Phi) is 5.25. The molecule has 1 unspecified atom stereocenters. The first kappa shape index (κ1) is 19.4. The highest BCUT2D eigenvalue weighted by Gasteiger charge is 2.25. The van der Waals surface area contributed by atoms with E-state index < -0.39 is 5.25 Å². The number of carbonyl (C=O) groups excluding carboxylic acids is 1. The molecule has 3 N–H and O–H groups in total. The predicted octanol–water partition coefficient (Wildman–Crippen LogP) is 4.66. The van der Waals surface area contributed by atoms with Crippen molar-refractivity contribution in [1.82, 2.24) is 15.1 Å². The van der Waals surface area contributed by atoms with Crippen LogP contribution in [0.2, 0.25) is 0 Å². The van der Waals surface area contributed by atoms with Crippen LogP contribution in [-0.2, 0) is 4.79 Å². The average Bonchev–Trinajstić information content (AvgIpc) is 3.23. The number of carbonyl (C=O) groups is 1. The Morgan fingerprint density at radius 1 is 1.21 bits per heavy atom. The smallest absolute Gasteiger partial charge is 0.243 e. The number of nitrogens with two attached hydrogens (primary N) is 1. The summed E-state index contributed by atoms with van der Waals surface area (Å²) >= 11 is 2.83. The van der Waals surface area contributed by atoms with Crippen LogP contribution in [0, 0.1) is 20.8 Å². The maximum absolute atomic E-state index is 13.0. The van der Waals surface area contributed by atoms with E-state index in [4.69, 9.17) is 10.3 Å². The highest BCUT2D eigenvalue weighted by molar-refractivity contribution is 8.00. The van der Waals surface area contributed by atoms with E-state index in [1.165, 1.54) is 11.8 Å². The molecule has 4 aromatic rings. The van der Waals surface area contributed by atoms with E-state index in [0.29, 0.717) is 22.6 Å². The van der Waals surface area contributed by atoms with Crippen molar-refractivity contribution < 1.29 is 9.32 Å². The first-order valence-electron chi connectivity index (χ1n) is 8.91. The van der Waals surface area contributed by atoms with E-state index in [9.17, 15) is 4.79 Å². The van der Waals surface area contributed by atoms with Gasteiger partial charge in [0.15, 0.2) is 11.0 Å². The minimum Gasteiger partial charge on any atom is -0.383 e. The highest BCUT2D eigenvalue weighted by Crippen LogP contribution is 2.38. The Balaban J connectivity index is 1.68. The topological polar surface area (TPSA) is 107 Å². The molecule has 9 heteroatoms. The molecular weight excluding hydrogens is 406 g/mol. The molecule has 0 saturated carbocycles. The van der Waals surface area contributed by atoms with Gasteiger partial charge in [0, 0.05) is 10.9 Å². The number of benzene rings is 1. The molecule has 1 atom stereocenters. The van der Waals surface area contributed by atoms with Crippen molar-refractivity contribution in [2.24, 2.45) is 0 Å². The molecule has 0 aliphatic carbocycles. The third-order valence-electron chi connectivity index (χ3n) is 4.48. The van der Waals surface area contributed by atoms with E-state index in [2.05, 4.69) is 20.4 Å². The summed E-state index contributed by atoms with van der Waals surface area (Å²) in [5.74, 6) is 1.18. The summed E-state index contributed by atoms with van der Waals surface area (Å²) in [6.07, 6.45) is 0. The standard InChI is InChI=1S/C20H19N5O2S2/c1-10-9-14(25-27-10)22-18(26)16(13-7-5-4-6-8-13)29-20-23-17(21)15-11(2)12(3)28-19(15)24-20/h4-9,16H,1-3H3,(H2,21,23,24)(H,22,25,26). The lowest BCUT2D eigenvalue weighted by Crippen LogP contribution is -2.19. The summed E-state index contributed by atoms with van der Waals surface area (Å²) in [4.78, 5) is 24.1. The number of nitrogen functional groups attached to an aromatic ring is 1. The molecule has 29 heavy (non-hydrogen) atoms. The largest absolute Gasteiger partial charge is 0.383 e. The Hall–Kier alpha value is -2.91. The van der Waals surface area contributed by atoms with Gasteiger partial charge in [-0.3, -0.25) is 4.79 Å². The molecule has 0 radical (unpaired) electrons. The molecule has 1 aromatic carbocycles. The van der Waals surface area contributed by atoms with Gasteiger partial charge in [-0.05, 0) is 31.9 Å². The number of amides is 1. The van der Waals surface area contributed by atoms with Gasteiger partial charge >= 0.3 is 0 Å². The fourth-order valence-corrected chi connectivity index (χ4v) is 5.00. The molecule has 0 fully saturated rings. The average molecular weight is 426 g/mol. The molecule has 3 heterocycles. The quantitative estimate of drug-likeness (QED) is 0.354. The first-order valence-corrected chi connectivity index (χ1v) is 10.6. The van der Waals surface area contributed by atoms with E-state index in [1.54, 1.807) is 24.3 Å². The molecule has 0 spiro atoms. The molecule has 3 aromatic heterocycles. The van der Waals surface area contributed by atoms with Crippen molar-refractivity contribution >= 4 is 50.9 Å². The summed E-state index contributed by atoms with van der Waals surface area (Å²) < 4.78 is 5.04. The van der Waals surface area contributed by atoms with E-state index in [1.807, 2.05) is 44.2 Å². The maximum Gasteiger partial charge on any atom is 0.243 e. The number of thiophene rings is 1. The fourth-order valence-electron chi connectivity index (χ4n) is 2.94. The number of hydrogen-bond acceptors (Lipinski definition) is 8. The second-order valence-electron chi connectivity index (χ2n) is 6.58. The number of hydrogen-bond donors (Lipinski definition) is 2. The van der Waals surface area contributed by atoms with Crippen molar-refractivity contribution in [2.75, 3.05) is 11.1 Å². The third-order valence-corrected chi connectivity index (χ3v) is 6.70. The van der Waals surface area contributed by atoms with Crippen molar-refractivity contribution in [1.29, 1.82) is 0 Å². The van der Waals surface area contributed by atoms with Gasteiger partial charge < -0.3 is 15.6 Å². The molecule has 148 valence electrons. The number of fused-ring (bicyclic) bond motifs is 1. The monoisotopic (exact) mass is 425 g/mol. The number of rotatable bonds is 5. The molecule has 4 rings (SSSR count). The van der Waals surface area contributed by atoms with Gasteiger partial charge in [0.1, 0.15) is 21.7 Å². The zero-order chi connectivity index (χ0) is 20.5. The number of nitrogens with one attached hydrogen (secondary N) is 1. The summed E-state index contributed by atoms with van der Waals surface area (Å²) in [5.41, 5.74) is 8.13. The Morgan fingerprint density at radius 3 is 2.66 bits per heavy atom. The molecule has 0 aliphatic rings. The van der Waals surface area contributed by atoms with Crippen LogP contribution in [0.15, 0.2) is 46.1 Å². The maximum atomic E-state index is 13.0. The molecule has 7 nitrogen and oxygen atoms in total. The number of aryl methyl sites for hydroxylation is 3. The van der Waals surface area contributed by atoms with Crippen LogP contribution in [0.5, 0.6) is 0 Å². The fraction of sp³-hybridized carbons (Fsp3) is 0.200. The lowest BCUT2D eigenvalue weighted by Gasteiger charge is -2.15. The summed E-state index contributed by atoms with van der Waals surface area (Å²) in [7, 11) is 0. The van der Waals surface area contributed by atoms with Crippen molar-refractivity contribution in [2.45, 2.75) is 31.2 Å². The lowest BCUT2D eigenvalue weighted by molar-refractivity contribution is -0.115. The third kappa shape index (κ3) is 3.96. The second-order valence-corrected chi connectivity index (χ2v) is 8.85. The SMILES string of the molecule is Cc1cc(NC(=O)C(Sc2nc(N)c3c(C)c(C)sc3n2)c2ccccc2)no1. The van der Waals surface area contributed by atoms with Gasteiger partial charge in [-0.15, -0.1) is 11.3 Å². The number of anilines is 2. The molecule has 1 amide bonds. The second kappa shape index (κ2) is 7.84. The number of aromatic nitrogens is 3. The van der Waals surface area contributed by atoms with E-state index >= 15 is 0 Å². The summed E-state index contributed by atoms with van der Waals surface area (Å²) in [5, 5.41) is 7.40. The highest BCUT2D eigenvalue weighted by atomic mass is 32.2. The summed E-state index contributed by atoms with van der Waals surface area (Å²) in [6.45, 7) is 5.82. The number of thioether (sulfide) groups is 1. The Labute approximate surface area is 175 Å². The van der Waals surface area contributed by atoms with Gasteiger partial charge in [0.05, 0.1) is 5.39 Å². The van der Waals surface area contributed by atoms with Gasteiger partial charge in [-0.25, -0.2) is 9.97 Å². The minimum atomic E-state index is -0.577. The van der Waals surface area contributed by atoms with E-state index in [0.717, 1.165) is 26.2 Å². The van der Waals surface area contributed by atoms with Crippen molar-refractivity contribution in [3.05, 3.63) is 58.2 Å². The van der Waals surface area contributed by atoms with Crippen molar-refractivity contribution in [3.63, 3.8) is 0 Å². The van der Waals surface area contributed by atoms with Gasteiger partial charge in [-0.1, -0.05) is 47.3 Å². The first-order chi connectivity index (χ1) is 13.9. The van der Waals surface area contributed by atoms with E-state index in [-0.39, 0.29) is 5.91 Å². The Bertz CT molecular complexity index is 1190. The normalized spacial score (nSPS) is 12.2. The molecule has 0 saturated heterocycles. The molecular formula is C20H19N5O2S2. The van der Waals surface area contributed by atoms with Gasteiger partial charge in [0.2, 0.25) is 5.91 Å². The van der Waals surface area contributed by atoms with Gasteiger partial charge in [0.25, 0.3) is 0 Å². The van der Waals surface area contributed by atoms with Crippen molar-refractivity contribution in [3.8, 4) is 0 Å². The minimum absolute atomic E-state index is 0.240. The lowest BCUT2D eigenvalue weighted by atomic mass is 10.1. The van der Waals surface area contributed by atoms with Crippen LogP contribution in [-0.4, -0.2) is 21.0 Å². The molecule has 0 aliphatic heterocycles. The Morgan fingerprint density at radius 2 is 1.97 bits per heavy atom. The number of nitrogens with zero attached hydrogens (tertiary/aromatic N) is 3. The zero-order valence-electron chi connectivity index (χ0n) is 16.1. The van der Waals surface area contributed by atoms with Crippen LogP contribution >= 0.6 is 23.1 Å². The van der Waals surface area contributed by atoms with Crippen LogP contribution in [0.25, 0.3) is 10.2 Å². The van der Waals surface area contributed by atoms with Crippen LogP contribution < -0.4 is 11.1 Å².